The van der Waals surface area contributed by atoms with Gasteiger partial charge in [-0.3, -0.25) is 13.9 Å². The first-order valence-electron chi connectivity index (χ1n) is 11.0. The minimum atomic E-state index is -0.148. The van der Waals surface area contributed by atoms with Crippen LogP contribution in [0.3, 0.4) is 0 Å². The van der Waals surface area contributed by atoms with Gasteiger partial charge in [0.2, 0.25) is 0 Å². The van der Waals surface area contributed by atoms with Gasteiger partial charge in [0.25, 0.3) is 0 Å². The van der Waals surface area contributed by atoms with E-state index in [1.54, 1.807) is 30.4 Å². The van der Waals surface area contributed by atoms with E-state index in [1.165, 1.54) is 35.2 Å². The van der Waals surface area contributed by atoms with Crippen molar-refractivity contribution in [3.05, 3.63) is 31.8 Å². The summed E-state index contributed by atoms with van der Waals surface area (Å²) in [6.07, 6.45) is 9.71. The van der Waals surface area contributed by atoms with Gasteiger partial charge in [0.1, 0.15) is 10.4 Å². The molecule has 0 amide bonds. The maximum Gasteiger partial charge on any atom is 0.328 e. The molecule has 0 bridgehead atoms. The van der Waals surface area contributed by atoms with E-state index < -0.39 is 0 Å². The summed E-state index contributed by atoms with van der Waals surface area (Å²) in [5.41, 5.74) is 7.35. The molecule has 2 rings (SSSR count). The Balaban J connectivity index is 1.92. The predicted molar refractivity (Wildman–Crippen MR) is 130 cm³/mol. The van der Waals surface area contributed by atoms with Gasteiger partial charge in [0.15, 0.2) is 0 Å². The average molecular weight is 452 g/mol. The highest BCUT2D eigenvalue weighted by Crippen LogP contribution is 2.31. The molecule has 1 saturated carbocycles. The van der Waals surface area contributed by atoms with Crippen LogP contribution in [0.2, 0.25) is 0 Å². The first-order valence-corrected chi connectivity index (χ1v) is 12.4. The normalized spacial score (nSPS) is 21.3. The minimum absolute atomic E-state index is 0.148. The van der Waals surface area contributed by atoms with Gasteiger partial charge in [-0.1, -0.05) is 57.8 Å². The quantitative estimate of drug-likeness (QED) is 0.443. The largest absolute Gasteiger partial charge is 0.395 e. The van der Waals surface area contributed by atoms with Crippen molar-refractivity contribution in [2.75, 3.05) is 11.5 Å². The predicted octanol–water partition coefficient (Wildman–Crippen LogP) is 5.03. The van der Waals surface area contributed by atoms with Crippen LogP contribution in [0.15, 0.2) is 15.8 Å². The van der Waals surface area contributed by atoms with Crippen molar-refractivity contribution < 1.29 is 4.79 Å². The Morgan fingerprint density at radius 1 is 1.27 bits per heavy atom. The molecule has 1 heterocycles. The number of rotatable bonds is 8. The van der Waals surface area contributed by atoms with E-state index in [9.17, 15) is 9.59 Å². The second kappa shape index (κ2) is 11.3. The number of thioether (sulfide) groups is 1. The van der Waals surface area contributed by atoms with Crippen molar-refractivity contribution in [1.29, 1.82) is 0 Å². The lowest BCUT2D eigenvalue weighted by Crippen LogP contribution is -2.31. The van der Waals surface area contributed by atoms with Gasteiger partial charge < -0.3 is 5.73 Å². The average Bonchev–Trinajstić information content (AvgIpc) is 2.95. The lowest BCUT2D eigenvalue weighted by molar-refractivity contribution is -0.121. The number of ketones is 1. The second-order valence-corrected chi connectivity index (χ2v) is 10.5. The molecular formula is C23H37N3O2S2. The molecule has 168 valence electrons. The van der Waals surface area contributed by atoms with E-state index in [2.05, 4.69) is 26.8 Å². The van der Waals surface area contributed by atoms with Crippen molar-refractivity contribution in [1.82, 2.24) is 9.13 Å². The summed E-state index contributed by atoms with van der Waals surface area (Å²) in [5, 5.41) is 0. The summed E-state index contributed by atoms with van der Waals surface area (Å²) in [6.45, 7) is 6.46. The molecule has 30 heavy (non-hydrogen) atoms. The van der Waals surface area contributed by atoms with Gasteiger partial charge in [-0.25, -0.2) is 4.79 Å². The number of hydrogen-bond donors (Lipinski definition) is 1. The molecule has 3 atom stereocenters. The first-order chi connectivity index (χ1) is 14.1. The summed E-state index contributed by atoms with van der Waals surface area (Å²) in [7, 11) is 3.39. The zero-order valence-corrected chi connectivity index (χ0v) is 20.7. The van der Waals surface area contributed by atoms with E-state index in [0.717, 1.165) is 18.5 Å². The van der Waals surface area contributed by atoms with Crippen LogP contribution in [0.1, 0.15) is 65.0 Å². The summed E-state index contributed by atoms with van der Waals surface area (Å²) in [6, 6.07) is 0. The highest BCUT2D eigenvalue weighted by molar-refractivity contribution is 8.03. The smallest absolute Gasteiger partial charge is 0.328 e. The zero-order chi connectivity index (χ0) is 22.4. The van der Waals surface area contributed by atoms with Crippen molar-refractivity contribution in [3.8, 4) is 0 Å². The van der Waals surface area contributed by atoms with E-state index >= 15 is 0 Å². The summed E-state index contributed by atoms with van der Waals surface area (Å²) in [4.78, 5) is 26.2. The number of anilines is 1. The summed E-state index contributed by atoms with van der Waals surface area (Å²) >= 11 is 6.96. The van der Waals surface area contributed by atoms with Gasteiger partial charge >= 0.3 is 5.69 Å². The third-order valence-electron chi connectivity index (χ3n) is 6.39. The standard InChI is InChI=1S/C23H37N3O2S2/c1-15(13-19-21(24)22(29)26(5)23(28)25(19)4)11-12-17(3)30-14-20(27)18-10-8-6-7-9-16(18)2/h12,15-16,18H,6-11,13-14,24H2,1-5H3/b17-12-. The number of nitrogen functional groups attached to an aromatic ring is 1. The van der Waals surface area contributed by atoms with Gasteiger partial charge in [0, 0.05) is 25.7 Å². The van der Waals surface area contributed by atoms with Crippen LogP contribution in [0, 0.1) is 22.4 Å². The third-order valence-corrected chi connectivity index (χ3v) is 7.94. The Kier molecular flexibility index (Phi) is 9.41. The number of carbonyl (C=O) groups excluding carboxylic acids is 1. The number of hydrogen-bond acceptors (Lipinski definition) is 5. The van der Waals surface area contributed by atoms with E-state index in [4.69, 9.17) is 18.0 Å². The first kappa shape index (κ1) is 24.9. The molecule has 2 N–H and O–H groups in total. The summed E-state index contributed by atoms with van der Waals surface area (Å²) < 4.78 is 3.40. The molecule has 5 nitrogen and oxygen atoms in total. The van der Waals surface area contributed by atoms with Crippen LogP contribution in [-0.4, -0.2) is 20.7 Å². The molecular weight excluding hydrogens is 414 g/mol. The Morgan fingerprint density at radius 3 is 2.63 bits per heavy atom. The number of nitrogens with zero attached hydrogens (tertiary/aromatic N) is 2. The maximum atomic E-state index is 12.7. The Labute approximate surface area is 190 Å². The highest BCUT2D eigenvalue weighted by Gasteiger charge is 2.26. The number of allylic oxidation sites excluding steroid dienone is 2. The monoisotopic (exact) mass is 451 g/mol. The lowest BCUT2D eigenvalue weighted by atomic mass is 9.87. The van der Waals surface area contributed by atoms with Gasteiger partial charge in [-0.15, -0.1) is 11.8 Å². The third kappa shape index (κ3) is 6.33. The highest BCUT2D eigenvalue weighted by atomic mass is 32.2. The van der Waals surface area contributed by atoms with Crippen molar-refractivity contribution in [2.24, 2.45) is 31.8 Å². The van der Waals surface area contributed by atoms with Gasteiger partial charge in [-0.2, -0.15) is 0 Å². The molecule has 0 aliphatic heterocycles. The van der Waals surface area contributed by atoms with Crippen molar-refractivity contribution in [3.63, 3.8) is 0 Å². The topological polar surface area (TPSA) is 70.0 Å². The van der Waals surface area contributed by atoms with E-state index in [-0.39, 0.29) is 11.6 Å². The molecule has 0 spiro atoms. The van der Waals surface area contributed by atoms with Gasteiger partial charge in [0.05, 0.1) is 11.4 Å². The molecule has 1 aliphatic rings. The zero-order valence-electron chi connectivity index (χ0n) is 19.1. The Hall–Kier alpha value is -1.34. The van der Waals surface area contributed by atoms with Crippen molar-refractivity contribution in [2.45, 2.75) is 65.7 Å². The molecule has 3 unspecified atom stereocenters. The number of aromatic nitrogens is 2. The summed E-state index contributed by atoms with van der Waals surface area (Å²) in [5.74, 6) is 2.05. The molecule has 0 aromatic carbocycles. The molecule has 1 aromatic heterocycles. The number of Topliss-reactive ketones (excluding diaryl/α,β-unsaturated/α-hetero) is 1. The molecule has 0 radical (unpaired) electrons. The maximum absolute atomic E-state index is 12.7. The number of carbonyl (C=O) groups is 1. The van der Waals surface area contributed by atoms with Crippen LogP contribution in [0.25, 0.3) is 0 Å². The van der Waals surface area contributed by atoms with E-state index in [0.29, 0.717) is 40.1 Å². The Bertz CT molecular complexity index is 864. The molecule has 1 aliphatic carbocycles. The van der Waals surface area contributed by atoms with Crippen LogP contribution in [0.5, 0.6) is 0 Å². The Morgan fingerprint density at radius 2 is 1.93 bits per heavy atom. The van der Waals surface area contributed by atoms with Crippen LogP contribution in [-0.2, 0) is 25.3 Å². The lowest BCUT2D eigenvalue weighted by Gasteiger charge is -2.20. The second-order valence-electron chi connectivity index (χ2n) is 8.90. The van der Waals surface area contributed by atoms with Gasteiger partial charge in [-0.05, 0) is 42.9 Å². The van der Waals surface area contributed by atoms with Crippen LogP contribution < -0.4 is 11.4 Å². The number of nitrogens with two attached hydrogens (primary N) is 1. The molecule has 1 fully saturated rings. The molecule has 7 heteroatoms. The van der Waals surface area contributed by atoms with Crippen LogP contribution >= 0.6 is 24.0 Å². The SMILES string of the molecule is C/C(=C/CC(C)Cc1c(N)c(=S)n(C)c(=O)n1C)SCC(=O)C1CCCCCC1C. The minimum Gasteiger partial charge on any atom is -0.395 e. The molecule has 1 aromatic rings. The fourth-order valence-corrected chi connectivity index (χ4v) is 5.26. The fraction of sp³-hybridized carbons (Fsp3) is 0.696. The van der Waals surface area contributed by atoms with Crippen molar-refractivity contribution >= 4 is 35.5 Å². The van der Waals surface area contributed by atoms with Crippen LogP contribution in [0.4, 0.5) is 5.69 Å². The fourth-order valence-electron chi connectivity index (χ4n) is 4.26. The van der Waals surface area contributed by atoms with E-state index in [1.807, 2.05) is 0 Å². The molecule has 0 saturated heterocycles.